The van der Waals surface area contributed by atoms with Gasteiger partial charge in [-0.3, -0.25) is 4.79 Å². The summed E-state index contributed by atoms with van der Waals surface area (Å²) >= 11 is 0. The van der Waals surface area contributed by atoms with Crippen molar-refractivity contribution in [2.75, 3.05) is 13.2 Å². The number of carbonyl (C=O) groups excluding carboxylic acids is 1. The monoisotopic (exact) mass is 275 g/mol. The van der Waals surface area contributed by atoms with Gasteiger partial charge in [-0.2, -0.15) is 0 Å². The summed E-state index contributed by atoms with van der Waals surface area (Å²) in [5.41, 5.74) is 2.19. The van der Waals surface area contributed by atoms with Gasteiger partial charge in [-0.05, 0) is 55.2 Å². The molecule has 0 unspecified atom stereocenters. The average Bonchev–Trinajstić information content (AvgIpc) is 3.24. The van der Waals surface area contributed by atoms with Crippen LogP contribution in [-0.2, 0) is 6.42 Å². The first-order chi connectivity index (χ1) is 9.69. The number of aliphatic hydroxyl groups is 1. The molecule has 1 aromatic rings. The van der Waals surface area contributed by atoms with E-state index < -0.39 is 0 Å². The first-order valence-electron chi connectivity index (χ1n) is 7.67. The summed E-state index contributed by atoms with van der Waals surface area (Å²) in [6.45, 7) is 3.08. The van der Waals surface area contributed by atoms with Crippen molar-refractivity contribution in [2.24, 2.45) is 5.41 Å². The molecule has 0 spiro atoms. The van der Waals surface area contributed by atoms with E-state index in [1.807, 2.05) is 24.3 Å². The molecule has 20 heavy (non-hydrogen) atoms. The van der Waals surface area contributed by atoms with Crippen LogP contribution in [0.1, 0.15) is 54.9 Å². The molecule has 0 aromatic heterocycles. The summed E-state index contributed by atoms with van der Waals surface area (Å²) in [7, 11) is 0. The molecule has 1 amide bonds. The molecule has 2 N–H and O–H groups in total. The molecular weight excluding hydrogens is 250 g/mol. The molecular formula is C17H25NO2. The Morgan fingerprint density at radius 1 is 1.30 bits per heavy atom. The predicted molar refractivity (Wildman–Crippen MR) is 80.8 cm³/mol. The Kier molecular flexibility index (Phi) is 5.18. The second kappa shape index (κ2) is 6.89. The molecule has 0 radical (unpaired) electrons. The molecule has 1 aromatic carbocycles. The van der Waals surface area contributed by atoms with Gasteiger partial charge in [0, 0.05) is 18.7 Å². The number of aliphatic hydroxyl groups excluding tert-OH is 1. The molecule has 1 saturated carbocycles. The van der Waals surface area contributed by atoms with Crippen LogP contribution in [0.3, 0.4) is 0 Å². The van der Waals surface area contributed by atoms with E-state index in [-0.39, 0.29) is 17.9 Å². The maximum atomic E-state index is 12.1. The first-order valence-corrected chi connectivity index (χ1v) is 7.67. The van der Waals surface area contributed by atoms with Crippen molar-refractivity contribution in [3.63, 3.8) is 0 Å². The summed E-state index contributed by atoms with van der Waals surface area (Å²) in [4.78, 5) is 12.1. The van der Waals surface area contributed by atoms with Gasteiger partial charge in [0.2, 0.25) is 0 Å². The Hall–Kier alpha value is -1.35. The highest BCUT2D eigenvalue weighted by molar-refractivity contribution is 5.94. The maximum absolute atomic E-state index is 12.1. The van der Waals surface area contributed by atoms with E-state index in [0.717, 1.165) is 31.2 Å². The standard InChI is InChI=1S/C17H25NO2/c1-2-3-4-14-5-7-15(8-6-14)16(20)18-13-17(9-10-17)11-12-19/h5-8,19H,2-4,9-13H2,1H3,(H,18,20). The number of hydrogen-bond donors (Lipinski definition) is 2. The summed E-state index contributed by atoms with van der Waals surface area (Å²) < 4.78 is 0. The van der Waals surface area contributed by atoms with Gasteiger partial charge in [-0.1, -0.05) is 25.5 Å². The van der Waals surface area contributed by atoms with Crippen LogP contribution in [0.4, 0.5) is 0 Å². The Bertz CT molecular complexity index is 435. The van der Waals surface area contributed by atoms with E-state index in [1.165, 1.54) is 18.4 Å². The van der Waals surface area contributed by atoms with E-state index in [4.69, 9.17) is 5.11 Å². The summed E-state index contributed by atoms with van der Waals surface area (Å²) in [5, 5.41) is 12.0. The fourth-order valence-corrected chi connectivity index (χ4v) is 2.50. The van der Waals surface area contributed by atoms with Gasteiger partial charge in [-0.15, -0.1) is 0 Å². The Labute approximate surface area is 121 Å². The molecule has 1 aliphatic carbocycles. The van der Waals surface area contributed by atoms with E-state index >= 15 is 0 Å². The predicted octanol–water partition coefficient (Wildman–Crippen LogP) is 2.92. The normalized spacial score (nSPS) is 15.9. The molecule has 0 heterocycles. The second-order valence-electron chi connectivity index (χ2n) is 5.96. The van der Waals surface area contributed by atoms with Crippen molar-refractivity contribution in [2.45, 2.75) is 45.4 Å². The van der Waals surface area contributed by atoms with Crippen LogP contribution >= 0.6 is 0 Å². The molecule has 0 saturated heterocycles. The molecule has 3 nitrogen and oxygen atoms in total. The summed E-state index contributed by atoms with van der Waals surface area (Å²) in [6.07, 6.45) is 6.49. The lowest BCUT2D eigenvalue weighted by atomic mass is 10.0. The second-order valence-corrected chi connectivity index (χ2v) is 5.96. The van der Waals surface area contributed by atoms with Crippen LogP contribution in [0.2, 0.25) is 0 Å². The average molecular weight is 275 g/mol. The number of amides is 1. The van der Waals surface area contributed by atoms with Crippen molar-refractivity contribution in [1.29, 1.82) is 0 Å². The van der Waals surface area contributed by atoms with Crippen LogP contribution < -0.4 is 5.32 Å². The highest BCUT2D eigenvalue weighted by Crippen LogP contribution is 2.47. The van der Waals surface area contributed by atoms with E-state index in [2.05, 4.69) is 12.2 Å². The van der Waals surface area contributed by atoms with Crippen LogP contribution in [0.5, 0.6) is 0 Å². The highest BCUT2D eigenvalue weighted by atomic mass is 16.3. The molecule has 0 bridgehead atoms. The lowest BCUT2D eigenvalue weighted by Crippen LogP contribution is -2.30. The minimum Gasteiger partial charge on any atom is -0.396 e. The molecule has 1 fully saturated rings. The molecule has 1 aliphatic rings. The molecule has 110 valence electrons. The topological polar surface area (TPSA) is 49.3 Å². The fraction of sp³-hybridized carbons (Fsp3) is 0.588. The molecule has 3 heteroatoms. The number of carbonyl (C=O) groups is 1. The fourth-order valence-electron chi connectivity index (χ4n) is 2.50. The van der Waals surface area contributed by atoms with Gasteiger partial charge in [0.25, 0.3) is 5.91 Å². The third-order valence-electron chi connectivity index (χ3n) is 4.26. The van der Waals surface area contributed by atoms with Crippen LogP contribution in [-0.4, -0.2) is 24.2 Å². The van der Waals surface area contributed by atoms with Crippen LogP contribution in [0.25, 0.3) is 0 Å². The number of hydrogen-bond acceptors (Lipinski definition) is 2. The van der Waals surface area contributed by atoms with E-state index in [9.17, 15) is 4.79 Å². The lowest BCUT2D eigenvalue weighted by Gasteiger charge is -2.14. The molecule has 2 rings (SSSR count). The van der Waals surface area contributed by atoms with Crippen molar-refractivity contribution in [3.05, 3.63) is 35.4 Å². The SMILES string of the molecule is CCCCc1ccc(C(=O)NCC2(CCO)CC2)cc1. The van der Waals surface area contributed by atoms with Crippen molar-refractivity contribution < 1.29 is 9.90 Å². The Morgan fingerprint density at radius 3 is 2.55 bits per heavy atom. The van der Waals surface area contributed by atoms with Gasteiger partial charge in [-0.25, -0.2) is 0 Å². The zero-order valence-corrected chi connectivity index (χ0v) is 12.3. The minimum atomic E-state index is -0.00347. The highest BCUT2D eigenvalue weighted by Gasteiger charge is 2.41. The quantitative estimate of drug-likeness (QED) is 0.766. The summed E-state index contributed by atoms with van der Waals surface area (Å²) in [5.74, 6) is -0.00347. The largest absolute Gasteiger partial charge is 0.396 e. The smallest absolute Gasteiger partial charge is 0.251 e. The minimum absolute atomic E-state index is 0.00347. The maximum Gasteiger partial charge on any atom is 0.251 e. The molecule has 0 aliphatic heterocycles. The Morgan fingerprint density at radius 2 is 2.00 bits per heavy atom. The third-order valence-corrected chi connectivity index (χ3v) is 4.26. The van der Waals surface area contributed by atoms with Crippen molar-refractivity contribution in [1.82, 2.24) is 5.32 Å². The molecule has 0 atom stereocenters. The summed E-state index contributed by atoms with van der Waals surface area (Å²) in [6, 6.07) is 7.91. The van der Waals surface area contributed by atoms with Gasteiger partial charge in [0.15, 0.2) is 0 Å². The van der Waals surface area contributed by atoms with E-state index in [0.29, 0.717) is 6.54 Å². The number of rotatable bonds is 8. The first kappa shape index (κ1) is 15.0. The van der Waals surface area contributed by atoms with Gasteiger partial charge in [0.05, 0.1) is 0 Å². The zero-order chi connectivity index (χ0) is 14.4. The number of nitrogens with one attached hydrogen (secondary N) is 1. The Balaban J connectivity index is 1.83. The van der Waals surface area contributed by atoms with Crippen LogP contribution in [0.15, 0.2) is 24.3 Å². The zero-order valence-electron chi connectivity index (χ0n) is 12.3. The lowest BCUT2D eigenvalue weighted by molar-refractivity contribution is 0.0941. The van der Waals surface area contributed by atoms with Crippen molar-refractivity contribution >= 4 is 5.91 Å². The van der Waals surface area contributed by atoms with Gasteiger partial charge in [0.1, 0.15) is 0 Å². The third kappa shape index (κ3) is 4.07. The number of aryl methyl sites for hydroxylation is 1. The van der Waals surface area contributed by atoms with Crippen LogP contribution in [0, 0.1) is 5.41 Å². The van der Waals surface area contributed by atoms with Gasteiger partial charge < -0.3 is 10.4 Å². The number of benzene rings is 1. The van der Waals surface area contributed by atoms with E-state index in [1.54, 1.807) is 0 Å². The van der Waals surface area contributed by atoms with Gasteiger partial charge >= 0.3 is 0 Å². The number of unbranched alkanes of at least 4 members (excludes halogenated alkanes) is 1. The van der Waals surface area contributed by atoms with Crippen molar-refractivity contribution in [3.8, 4) is 0 Å².